The van der Waals surface area contributed by atoms with E-state index in [1.807, 2.05) is 38.1 Å². The molecule has 2 amide bonds. The van der Waals surface area contributed by atoms with Crippen molar-refractivity contribution < 1.29 is 19.1 Å². The van der Waals surface area contributed by atoms with Crippen LogP contribution in [0, 0.1) is 11.8 Å². The number of nitrogens with zero attached hydrogens (tertiary/aromatic N) is 1. The summed E-state index contributed by atoms with van der Waals surface area (Å²) in [4.78, 5) is 38.7. The Balaban J connectivity index is 1.73. The number of benzene rings is 1. The first-order valence-electron chi connectivity index (χ1n) is 9.34. The van der Waals surface area contributed by atoms with Crippen LogP contribution >= 0.6 is 0 Å². The first-order valence-corrected chi connectivity index (χ1v) is 9.34. The molecule has 3 rings (SSSR count). The largest absolute Gasteiger partial charge is 0.452 e. The molecule has 1 fully saturated rings. The van der Waals surface area contributed by atoms with E-state index in [1.165, 1.54) is 0 Å². The van der Waals surface area contributed by atoms with Gasteiger partial charge >= 0.3 is 5.97 Å². The van der Waals surface area contributed by atoms with Crippen molar-refractivity contribution in [2.45, 2.75) is 45.6 Å². The van der Waals surface area contributed by atoms with Crippen molar-refractivity contribution in [3.05, 3.63) is 29.8 Å². The number of aryl methyl sites for hydroxylation is 1. The van der Waals surface area contributed by atoms with Crippen molar-refractivity contribution >= 4 is 23.5 Å². The van der Waals surface area contributed by atoms with E-state index in [2.05, 4.69) is 5.32 Å². The predicted molar refractivity (Wildman–Crippen MR) is 97.6 cm³/mol. The van der Waals surface area contributed by atoms with Gasteiger partial charge in [0.05, 0.1) is 5.92 Å². The summed E-state index contributed by atoms with van der Waals surface area (Å²) >= 11 is 0. The first-order chi connectivity index (χ1) is 12.5. The van der Waals surface area contributed by atoms with Gasteiger partial charge in [-0.15, -0.1) is 0 Å². The lowest BCUT2D eigenvalue weighted by molar-refractivity contribution is -0.162. The number of hydrogen-bond acceptors (Lipinski definition) is 4. The Morgan fingerprint density at radius 1 is 1.23 bits per heavy atom. The number of nitrogens with one attached hydrogen (secondary N) is 1. The average molecular weight is 358 g/mol. The highest BCUT2D eigenvalue weighted by Crippen LogP contribution is 2.29. The predicted octanol–water partition coefficient (Wildman–Crippen LogP) is 2.06. The summed E-state index contributed by atoms with van der Waals surface area (Å²) in [7, 11) is 0. The van der Waals surface area contributed by atoms with Gasteiger partial charge in [-0.25, -0.2) is 0 Å². The molecule has 1 aromatic rings. The van der Waals surface area contributed by atoms with Crippen LogP contribution in [0.25, 0.3) is 0 Å². The molecule has 2 atom stereocenters. The molecule has 26 heavy (non-hydrogen) atoms. The van der Waals surface area contributed by atoms with Crippen LogP contribution in [-0.2, 0) is 25.5 Å². The smallest absolute Gasteiger partial charge is 0.311 e. The maximum atomic E-state index is 13.2. The summed E-state index contributed by atoms with van der Waals surface area (Å²) in [6, 6.07) is 7.88. The molecular weight excluding hydrogens is 332 g/mol. The molecule has 1 aromatic carbocycles. The number of carbonyl (C=O) groups is 3. The first kappa shape index (κ1) is 18.4. The fourth-order valence-electron chi connectivity index (χ4n) is 3.54. The molecule has 0 aromatic heterocycles. The van der Waals surface area contributed by atoms with E-state index >= 15 is 0 Å². The fourth-order valence-corrected chi connectivity index (χ4v) is 3.54. The second-order valence-electron chi connectivity index (χ2n) is 7.36. The molecule has 140 valence electrons. The van der Waals surface area contributed by atoms with Crippen molar-refractivity contribution in [3.63, 3.8) is 0 Å². The highest BCUT2D eigenvalue weighted by molar-refractivity contribution is 5.99. The lowest BCUT2D eigenvalue weighted by Crippen LogP contribution is -2.48. The van der Waals surface area contributed by atoms with Crippen LogP contribution in [0.2, 0.25) is 0 Å². The summed E-state index contributed by atoms with van der Waals surface area (Å²) in [6.45, 7) is 4.68. The topological polar surface area (TPSA) is 75.7 Å². The van der Waals surface area contributed by atoms with E-state index < -0.39 is 12.1 Å². The van der Waals surface area contributed by atoms with E-state index in [0.29, 0.717) is 19.4 Å². The highest BCUT2D eigenvalue weighted by atomic mass is 16.5. The number of carbonyl (C=O) groups excluding carboxylic acids is 3. The van der Waals surface area contributed by atoms with Gasteiger partial charge in [-0.3, -0.25) is 14.4 Å². The third kappa shape index (κ3) is 3.89. The van der Waals surface area contributed by atoms with Gasteiger partial charge in [0.1, 0.15) is 0 Å². The van der Waals surface area contributed by atoms with Crippen molar-refractivity contribution in [1.82, 2.24) is 5.32 Å². The number of para-hydroxylation sites is 1. The number of amides is 2. The third-order valence-electron chi connectivity index (χ3n) is 5.07. The second kappa shape index (κ2) is 7.89. The minimum Gasteiger partial charge on any atom is -0.452 e. The van der Waals surface area contributed by atoms with Gasteiger partial charge in [-0.05, 0) is 36.8 Å². The van der Waals surface area contributed by atoms with E-state index in [-0.39, 0.29) is 30.2 Å². The molecule has 0 unspecified atom stereocenters. The number of anilines is 1. The molecule has 1 N–H and O–H groups in total. The van der Waals surface area contributed by atoms with Crippen LogP contribution in [0.3, 0.4) is 0 Å². The van der Waals surface area contributed by atoms with Crippen LogP contribution in [-0.4, -0.2) is 37.0 Å². The van der Waals surface area contributed by atoms with Gasteiger partial charge < -0.3 is 15.0 Å². The summed E-state index contributed by atoms with van der Waals surface area (Å²) in [5.41, 5.74) is 2.06. The molecule has 2 aliphatic rings. The number of hydrogen-bond donors (Lipinski definition) is 1. The molecule has 0 radical (unpaired) electrons. The Morgan fingerprint density at radius 3 is 2.69 bits per heavy atom. The Bertz CT molecular complexity index is 691. The van der Waals surface area contributed by atoms with Crippen molar-refractivity contribution in [1.29, 1.82) is 0 Å². The molecule has 2 heterocycles. The SMILES string of the molecule is CC(C)[C@H](OC(=O)[C@H]1CCC(=O)NC1)C(=O)N1CCCc2ccccc21. The minimum absolute atomic E-state index is 0.0459. The van der Waals surface area contributed by atoms with Crippen LogP contribution in [0.1, 0.15) is 38.7 Å². The Labute approximate surface area is 153 Å². The van der Waals surface area contributed by atoms with E-state index in [9.17, 15) is 14.4 Å². The van der Waals surface area contributed by atoms with Gasteiger partial charge in [-0.2, -0.15) is 0 Å². The maximum absolute atomic E-state index is 13.2. The van der Waals surface area contributed by atoms with Gasteiger partial charge in [0, 0.05) is 25.2 Å². The average Bonchev–Trinajstić information content (AvgIpc) is 2.65. The van der Waals surface area contributed by atoms with Crippen LogP contribution in [0.5, 0.6) is 0 Å². The number of piperidine rings is 1. The van der Waals surface area contributed by atoms with E-state index in [1.54, 1.807) is 4.90 Å². The van der Waals surface area contributed by atoms with Crippen molar-refractivity contribution in [3.8, 4) is 0 Å². The molecule has 0 saturated carbocycles. The zero-order chi connectivity index (χ0) is 18.7. The van der Waals surface area contributed by atoms with Crippen LogP contribution in [0.4, 0.5) is 5.69 Å². The zero-order valence-corrected chi connectivity index (χ0v) is 15.4. The summed E-state index contributed by atoms with van der Waals surface area (Å²) in [5, 5.41) is 2.69. The lowest BCUT2D eigenvalue weighted by atomic mass is 9.97. The van der Waals surface area contributed by atoms with Crippen LogP contribution in [0.15, 0.2) is 24.3 Å². The molecule has 1 saturated heterocycles. The molecule has 6 nitrogen and oxygen atoms in total. The molecular formula is C20H26N2O4. The number of ether oxygens (including phenoxy) is 1. The Hall–Kier alpha value is -2.37. The van der Waals surface area contributed by atoms with Gasteiger partial charge in [0.2, 0.25) is 5.91 Å². The number of fused-ring (bicyclic) bond motifs is 1. The lowest BCUT2D eigenvalue weighted by Gasteiger charge is -2.34. The normalized spacial score (nSPS) is 21.0. The zero-order valence-electron chi connectivity index (χ0n) is 15.4. The molecule has 0 bridgehead atoms. The third-order valence-corrected chi connectivity index (χ3v) is 5.07. The van der Waals surface area contributed by atoms with Crippen LogP contribution < -0.4 is 10.2 Å². The molecule has 6 heteroatoms. The van der Waals surface area contributed by atoms with Crippen molar-refractivity contribution in [2.75, 3.05) is 18.0 Å². The fraction of sp³-hybridized carbons (Fsp3) is 0.550. The maximum Gasteiger partial charge on any atom is 0.311 e. The molecule has 2 aliphatic heterocycles. The van der Waals surface area contributed by atoms with Crippen molar-refractivity contribution in [2.24, 2.45) is 11.8 Å². The van der Waals surface area contributed by atoms with E-state index in [0.717, 1.165) is 24.1 Å². The second-order valence-corrected chi connectivity index (χ2v) is 7.36. The minimum atomic E-state index is -0.814. The summed E-state index contributed by atoms with van der Waals surface area (Å²) in [6.07, 6.45) is 1.83. The summed E-state index contributed by atoms with van der Waals surface area (Å²) in [5.74, 6) is -1.12. The Kier molecular flexibility index (Phi) is 5.59. The van der Waals surface area contributed by atoms with Gasteiger partial charge in [0.25, 0.3) is 5.91 Å². The van der Waals surface area contributed by atoms with E-state index in [4.69, 9.17) is 4.74 Å². The number of esters is 1. The monoisotopic (exact) mass is 358 g/mol. The molecule has 0 spiro atoms. The highest BCUT2D eigenvalue weighted by Gasteiger charge is 2.35. The molecule has 0 aliphatic carbocycles. The standard InChI is InChI=1S/C20H26N2O4/c1-13(2)18(26-20(25)15-9-10-17(23)21-12-15)19(24)22-11-5-7-14-6-3-4-8-16(14)22/h3-4,6,8,13,15,18H,5,7,9-12H2,1-2H3,(H,21,23)/t15-,18-/m0/s1. The summed E-state index contributed by atoms with van der Waals surface area (Å²) < 4.78 is 5.64. The Morgan fingerprint density at radius 2 is 2.00 bits per heavy atom. The van der Waals surface area contributed by atoms with Gasteiger partial charge in [-0.1, -0.05) is 32.0 Å². The number of rotatable bonds is 4. The van der Waals surface area contributed by atoms with Gasteiger partial charge in [0.15, 0.2) is 6.10 Å². The quantitative estimate of drug-likeness (QED) is 0.836.